The molecule has 0 fully saturated rings. The van der Waals surface area contributed by atoms with Crippen molar-refractivity contribution >= 4 is 103 Å². The lowest BCUT2D eigenvalue weighted by molar-refractivity contribution is 0.669. The quantitative estimate of drug-likeness (QED) is 0.189. The van der Waals surface area contributed by atoms with Gasteiger partial charge in [-0.2, -0.15) is 0 Å². The van der Waals surface area contributed by atoms with Crippen LogP contribution in [0.3, 0.4) is 0 Å². The van der Waals surface area contributed by atoms with Crippen LogP contribution in [0.25, 0.3) is 85.9 Å². The molecule has 0 atom stereocenters. The van der Waals surface area contributed by atoms with Crippen LogP contribution in [0.4, 0.5) is 17.1 Å². The fraction of sp³-hybridized carbons (Fsp3) is 0. The van der Waals surface area contributed by atoms with Gasteiger partial charge in [-0.1, -0.05) is 97.1 Å². The lowest BCUT2D eigenvalue weighted by atomic mass is 10.0. The third-order valence-corrected chi connectivity index (χ3v) is 11.2. The average Bonchev–Trinajstić information content (AvgIpc) is 3.86. The van der Waals surface area contributed by atoms with E-state index in [4.69, 9.17) is 8.83 Å². The van der Waals surface area contributed by atoms with E-state index in [1.807, 2.05) is 23.5 Å². The number of nitrogens with zero attached hydrogens (tertiary/aromatic N) is 1. The molecule has 3 nitrogen and oxygen atoms in total. The van der Waals surface area contributed by atoms with Gasteiger partial charge < -0.3 is 13.7 Å². The zero-order valence-corrected chi connectivity index (χ0v) is 27.6. The van der Waals surface area contributed by atoms with E-state index < -0.39 is 0 Å². The third kappa shape index (κ3) is 4.09. The molecule has 11 rings (SSSR count). The SMILES string of the molecule is c1ccc(-c2ccc(N(c3ccc4c(c3)oc3ccccc34)c3ccc4c(c3)sc3ccc5c6ccc7ccccc7c6oc5c34)cc2)cc1. The second kappa shape index (κ2) is 10.6. The highest BCUT2D eigenvalue weighted by atomic mass is 32.1. The van der Waals surface area contributed by atoms with Crippen LogP contribution >= 0.6 is 11.3 Å². The molecule has 4 heteroatoms. The van der Waals surface area contributed by atoms with Crippen LogP contribution in [-0.4, -0.2) is 0 Å². The lowest BCUT2D eigenvalue weighted by Crippen LogP contribution is -2.09. The normalized spacial score (nSPS) is 12.0. The maximum atomic E-state index is 6.76. The summed E-state index contributed by atoms with van der Waals surface area (Å²) in [5.74, 6) is 0. The first-order valence-electron chi connectivity index (χ1n) is 16.8. The molecule has 0 amide bonds. The van der Waals surface area contributed by atoms with Crippen LogP contribution in [0, 0.1) is 0 Å². The molecular formula is C46H27NO2S. The molecule has 0 saturated carbocycles. The van der Waals surface area contributed by atoms with Crippen molar-refractivity contribution in [3.63, 3.8) is 0 Å². The van der Waals surface area contributed by atoms with Crippen molar-refractivity contribution < 1.29 is 8.83 Å². The Balaban J connectivity index is 1.10. The van der Waals surface area contributed by atoms with Gasteiger partial charge in [-0.05, 0) is 77.2 Å². The molecule has 3 heterocycles. The first-order valence-corrected chi connectivity index (χ1v) is 17.6. The molecule has 0 saturated heterocycles. The summed E-state index contributed by atoms with van der Waals surface area (Å²) in [6.45, 7) is 0. The van der Waals surface area contributed by atoms with Gasteiger partial charge >= 0.3 is 0 Å². The summed E-state index contributed by atoms with van der Waals surface area (Å²) in [5, 5.41) is 9.27. The van der Waals surface area contributed by atoms with Gasteiger partial charge in [-0.3, -0.25) is 0 Å². The number of hydrogen-bond donors (Lipinski definition) is 0. The van der Waals surface area contributed by atoms with Crippen molar-refractivity contribution in [1.82, 2.24) is 0 Å². The molecule has 0 aliphatic carbocycles. The van der Waals surface area contributed by atoms with Gasteiger partial charge in [-0.25, -0.2) is 0 Å². The summed E-state index contributed by atoms with van der Waals surface area (Å²) >= 11 is 1.81. The molecular weight excluding hydrogens is 631 g/mol. The maximum absolute atomic E-state index is 6.76. The Hall–Kier alpha value is -6.36. The molecule has 50 heavy (non-hydrogen) atoms. The van der Waals surface area contributed by atoms with E-state index in [2.05, 4.69) is 157 Å². The highest BCUT2D eigenvalue weighted by molar-refractivity contribution is 7.26. The number of thiophene rings is 1. The molecule has 8 aromatic carbocycles. The Morgan fingerprint density at radius 2 is 1.02 bits per heavy atom. The number of anilines is 3. The summed E-state index contributed by atoms with van der Waals surface area (Å²) < 4.78 is 15.6. The molecule has 0 aliphatic heterocycles. The van der Waals surface area contributed by atoms with Crippen molar-refractivity contribution in [2.24, 2.45) is 0 Å². The fourth-order valence-corrected chi connectivity index (χ4v) is 8.82. The Labute approximate surface area is 290 Å². The second-order valence-electron chi connectivity index (χ2n) is 12.9. The molecule has 0 radical (unpaired) electrons. The minimum Gasteiger partial charge on any atom is -0.456 e. The minimum absolute atomic E-state index is 0.873. The van der Waals surface area contributed by atoms with Crippen LogP contribution < -0.4 is 4.90 Å². The number of rotatable bonds is 4. The minimum atomic E-state index is 0.873. The molecule has 0 unspecified atom stereocenters. The van der Waals surface area contributed by atoms with Gasteiger partial charge in [0.2, 0.25) is 0 Å². The van der Waals surface area contributed by atoms with Crippen molar-refractivity contribution in [3.8, 4) is 11.1 Å². The van der Waals surface area contributed by atoms with Gasteiger partial charge in [0.25, 0.3) is 0 Å². The number of hydrogen-bond acceptors (Lipinski definition) is 4. The standard InChI is InChI=1S/C46H27NO2S/c1-2-8-28(9-3-1)29-14-17-31(18-15-29)47(32-19-22-36-35-12-6-7-13-40(35)48-41(36)26-32)33-20-23-39-43(27-33)50-42-25-24-38-37-21-16-30-10-4-5-11-34(30)45(37)49-46(38)44(39)42/h1-27H. The van der Waals surface area contributed by atoms with Crippen molar-refractivity contribution in [3.05, 3.63) is 164 Å². The van der Waals surface area contributed by atoms with E-state index in [1.165, 1.54) is 36.7 Å². The van der Waals surface area contributed by atoms with E-state index in [9.17, 15) is 0 Å². The zero-order valence-electron chi connectivity index (χ0n) is 26.8. The van der Waals surface area contributed by atoms with Gasteiger partial charge in [0.15, 0.2) is 0 Å². The molecule has 234 valence electrons. The molecule has 0 aliphatic rings. The topological polar surface area (TPSA) is 29.5 Å². The Bertz CT molecular complexity index is 3090. The van der Waals surface area contributed by atoms with E-state index in [0.717, 1.165) is 66.3 Å². The third-order valence-electron chi connectivity index (χ3n) is 10.1. The first-order chi connectivity index (χ1) is 24.8. The summed E-state index contributed by atoms with van der Waals surface area (Å²) in [6.07, 6.45) is 0. The molecule has 0 spiro atoms. The zero-order chi connectivity index (χ0) is 32.8. The van der Waals surface area contributed by atoms with Crippen LogP contribution in [-0.2, 0) is 0 Å². The van der Waals surface area contributed by atoms with E-state index in [-0.39, 0.29) is 0 Å². The number of furan rings is 2. The van der Waals surface area contributed by atoms with Crippen molar-refractivity contribution in [2.75, 3.05) is 4.90 Å². The largest absolute Gasteiger partial charge is 0.456 e. The smallest absolute Gasteiger partial charge is 0.144 e. The Morgan fingerprint density at radius 1 is 0.380 bits per heavy atom. The maximum Gasteiger partial charge on any atom is 0.144 e. The molecule has 0 bridgehead atoms. The second-order valence-corrected chi connectivity index (χ2v) is 14.0. The molecule has 11 aromatic rings. The highest BCUT2D eigenvalue weighted by Crippen LogP contribution is 2.46. The van der Waals surface area contributed by atoms with Gasteiger partial charge in [0, 0.05) is 70.2 Å². The van der Waals surface area contributed by atoms with E-state index in [0.29, 0.717) is 0 Å². The van der Waals surface area contributed by atoms with Crippen molar-refractivity contribution in [2.45, 2.75) is 0 Å². The number of para-hydroxylation sites is 1. The number of fused-ring (bicyclic) bond motifs is 12. The van der Waals surface area contributed by atoms with Crippen LogP contribution in [0.2, 0.25) is 0 Å². The molecule has 3 aromatic heterocycles. The fourth-order valence-electron chi connectivity index (χ4n) is 7.68. The average molecular weight is 658 g/mol. The number of benzene rings is 8. The summed E-state index contributed by atoms with van der Waals surface area (Å²) in [5.41, 5.74) is 9.26. The molecule has 0 N–H and O–H groups in total. The first kappa shape index (κ1) is 27.6. The van der Waals surface area contributed by atoms with E-state index >= 15 is 0 Å². The monoisotopic (exact) mass is 657 g/mol. The van der Waals surface area contributed by atoms with Gasteiger partial charge in [-0.15, -0.1) is 11.3 Å². The predicted molar refractivity (Wildman–Crippen MR) is 212 cm³/mol. The summed E-state index contributed by atoms with van der Waals surface area (Å²) in [6, 6.07) is 58.3. The van der Waals surface area contributed by atoms with Crippen molar-refractivity contribution in [1.29, 1.82) is 0 Å². The van der Waals surface area contributed by atoms with E-state index in [1.54, 1.807) is 0 Å². The Morgan fingerprint density at radius 3 is 1.90 bits per heavy atom. The Kier molecular flexibility index (Phi) is 5.83. The van der Waals surface area contributed by atoms with Crippen LogP contribution in [0.1, 0.15) is 0 Å². The summed E-state index contributed by atoms with van der Waals surface area (Å²) in [7, 11) is 0. The lowest BCUT2D eigenvalue weighted by Gasteiger charge is -2.26. The predicted octanol–water partition coefficient (Wildman–Crippen LogP) is 14.1. The van der Waals surface area contributed by atoms with Gasteiger partial charge in [0.05, 0.1) is 0 Å². The summed E-state index contributed by atoms with van der Waals surface area (Å²) in [4.78, 5) is 2.33. The van der Waals surface area contributed by atoms with Gasteiger partial charge in [0.1, 0.15) is 22.3 Å². The van der Waals surface area contributed by atoms with Crippen LogP contribution in [0.5, 0.6) is 0 Å². The van der Waals surface area contributed by atoms with Crippen LogP contribution in [0.15, 0.2) is 173 Å². The highest BCUT2D eigenvalue weighted by Gasteiger charge is 2.20.